The standard InChI is InChI=1S/C14H27NO3/c1-15(10-7-11-18-2)12-14(13(16)17)8-5-3-4-6-9-14/h3-12H2,1-2H3,(H,16,17). The zero-order valence-corrected chi connectivity index (χ0v) is 11.8. The maximum atomic E-state index is 11.6. The van der Waals surface area contributed by atoms with Gasteiger partial charge in [0, 0.05) is 26.8 Å². The van der Waals surface area contributed by atoms with Crippen LogP contribution in [0.2, 0.25) is 0 Å². The summed E-state index contributed by atoms with van der Waals surface area (Å²) in [7, 11) is 3.72. The molecule has 0 unspecified atom stereocenters. The van der Waals surface area contributed by atoms with Crippen LogP contribution in [0.1, 0.15) is 44.9 Å². The van der Waals surface area contributed by atoms with Crippen LogP contribution in [0, 0.1) is 5.41 Å². The Morgan fingerprint density at radius 2 is 1.89 bits per heavy atom. The normalized spacial score (nSPS) is 19.7. The molecule has 0 amide bonds. The first-order valence-corrected chi connectivity index (χ1v) is 7.01. The molecule has 1 aliphatic carbocycles. The van der Waals surface area contributed by atoms with Crippen LogP contribution in [-0.2, 0) is 9.53 Å². The van der Waals surface area contributed by atoms with Gasteiger partial charge in [-0.25, -0.2) is 0 Å². The Morgan fingerprint density at radius 1 is 1.28 bits per heavy atom. The molecule has 4 nitrogen and oxygen atoms in total. The van der Waals surface area contributed by atoms with E-state index < -0.39 is 11.4 Å². The number of aliphatic carboxylic acids is 1. The third kappa shape index (κ3) is 4.58. The smallest absolute Gasteiger partial charge is 0.310 e. The molecule has 0 aromatic rings. The molecule has 0 radical (unpaired) electrons. The molecule has 0 spiro atoms. The van der Waals surface area contributed by atoms with Crippen LogP contribution in [0.4, 0.5) is 0 Å². The molecule has 1 N–H and O–H groups in total. The van der Waals surface area contributed by atoms with E-state index in [1.807, 2.05) is 7.05 Å². The Labute approximate surface area is 110 Å². The molecule has 0 bridgehead atoms. The van der Waals surface area contributed by atoms with E-state index in [0.717, 1.165) is 45.3 Å². The van der Waals surface area contributed by atoms with Gasteiger partial charge in [-0.3, -0.25) is 4.79 Å². The van der Waals surface area contributed by atoms with Crippen molar-refractivity contribution in [2.75, 3.05) is 33.9 Å². The molecule has 0 aromatic carbocycles. The molecule has 1 aliphatic rings. The number of ether oxygens (including phenoxy) is 1. The number of nitrogens with zero attached hydrogens (tertiary/aromatic N) is 1. The molecular formula is C14H27NO3. The molecule has 1 saturated carbocycles. The van der Waals surface area contributed by atoms with Crippen LogP contribution in [0.15, 0.2) is 0 Å². The Hall–Kier alpha value is -0.610. The molecule has 1 rings (SSSR count). The molecule has 1 fully saturated rings. The summed E-state index contributed by atoms with van der Waals surface area (Å²) < 4.78 is 5.03. The first kappa shape index (κ1) is 15.4. The van der Waals surface area contributed by atoms with Gasteiger partial charge in [-0.05, 0) is 26.3 Å². The second-order valence-corrected chi connectivity index (χ2v) is 5.58. The molecule has 18 heavy (non-hydrogen) atoms. The number of hydrogen-bond acceptors (Lipinski definition) is 3. The van der Waals surface area contributed by atoms with Gasteiger partial charge in [0.25, 0.3) is 0 Å². The van der Waals surface area contributed by atoms with E-state index in [-0.39, 0.29) is 0 Å². The van der Waals surface area contributed by atoms with Gasteiger partial charge in [0.1, 0.15) is 0 Å². The zero-order chi connectivity index (χ0) is 13.4. The Balaban J connectivity index is 2.52. The van der Waals surface area contributed by atoms with Crippen LogP contribution in [-0.4, -0.2) is 49.8 Å². The van der Waals surface area contributed by atoms with Crippen molar-refractivity contribution < 1.29 is 14.6 Å². The van der Waals surface area contributed by atoms with Crippen molar-refractivity contribution >= 4 is 5.97 Å². The summed E-state index contributed by atoms with van der Waals surface area (Å²) >= 11 is 0. The molecule has 0 atom stereocenters. The summed E-state index contributed by atoms with van der Waals surface area (Å²) in [5.74, 6) is -0.608. The molecule has 0 heterocycles. The van der Waals surface area contributed by atoms with E-state index in [0.29, 0.717) is 6.54 Å². The molecule has 106 valence electrons. The lowest BCUT2D eigenvalue weighted by molar-refractivity contribution is -0.151. The number of methoxy groups -OCH3 is 1. The number of rotatable bonds is 7. The van der Waals surface area contributed by atoms with Crippen molar-refractivity contribution in [3.05, 3.63) is 0 Å². The van der Waals surface area contributed by atoms with Crippen molar-refractivity contribution in [3.8, 4) is 0 Å². The molecule has 4 heteroatoms. The number of carboxylic acid groups (broad SMARTS) is 1. The Morgan fingerprint density at radius 3 is 2.39 bits per heavy atom. The van der Waals surface area contributed by atoms with Crippen LogP contribution in [0.3, 0.4) is 0 Å². The van der Waals surface area contributed by atoms with E-state index in [4.69, 9.17) is 4.74 Å². The highest BCUT2D eigenvalue weighted by molar-refractivity contribution is 5.75. The fraction of sp³-hybridized carbons (Fsp3) is 0.929. The molecule has 0 aliphatic heterocycles. The maximum absolute atomic E-state index is 11.6. The lowest BCUT2D eigenvalue weighted by atomic mass is 9.80. The first-order chi connectivity index (χ1) is 8.60. The fourth-order valence-corrected chi connectivity index (χ4v) is 2.92. The van der Waals surface area contributed by atoms with Gasteiger partial charge in [0.2, 0.25) is 0 Å². The third-order valence-corrected chi connectivity index (χ3v) is 3.98. The van der Waals surface area contributed by atoms with Gasteiger partial charge in [0.05, 0.1) is 5.41 Å². The Kier molecular flexibility index (Phi) is 6.65. The summed E-state index contributed by atoms with van der Waals surface area (Å²) in [6.45, 7) is 2.32. The minimum atomic E-state index is -0.608. The van der Waals surface area contributed by atoms with Gasteiger partial charge in [-0.15, -0.1) is 0 Å². The van der Waals surface area contributed by atoms with E-state index in [2.05, 4.69) is 4.90 Å². The van der Waals surface area contributed by atoms with Crippen molar-refractivity contribution in [2.45, 2.75) is 44.9 Å². The quantitative estimate of drug-likeness (QED) is 0.562. The predicted octanol–water partition coefficient (Wildman–Crippen LogP) is 2.38. The zero-order valence-electron chi connectivity index (χ0n) is 11.8. The largest absolute Gasteiger partial charge is 0.481 e. The highest BCUT2D eigenvalue weighted by Crippen LogP contribution is 2.36. The van der Waals surface area contributed by atoms with Crippen LogP contribution < -0.4 is 0 Å². The lowest BCUT2D eigenvalue weighted by Crippen LogP contribution is -2.42. The maximum Gasteiger partial charge on any atom is 0.310 e. The van der Waals surface area contributed by atoms with Crippen LogP contribution in [0.25, 0.3) is 0 Å². The van der Waals surface area contributed by atoms with Gasteiger partial charge in [-0.2, -0.15) is 0 Å². The Bertz CT molecular complexity index is 247. The van der Waals surface area contributed by atoms with E-state index in [9.17, 15) is 9.90 Å². The highest BCUT2D eigenvalue weighted by Gasteiger charge is 2.39. The van der Waals surface area contributed by atoms with Crippen molar-refractivity contribution in [3.63, 3.8) is 0 Å². The number of carbonyl (C=O) groups is 1. The number of hydrogen-bond donors (Lipinski definition) is 1. The summed E-state index contributed by atoms with van der Waals surface area (Å²) in [4.78, 5) is 13.8. The van der Waals surface area contributed by atoms with Crippen LogP contribution in [0.5, 0.6) is 0 Å². The SMILES string of the molecule is COCCCN(C)CC1(C(=O)O)CCCCCC1. The van der Waals surface area contributed by atoms with E-state index >= 15 is 0 Å². The van der Waals surface area contributed by atoms with E-state index in [1.54, 1.807) is 7.11 Å². The van der Waals surface area contributed by atoms with E-state index in [1.165, 1.54) is 12.8 Å². The molecular weight excluding hydrogens is 230 g/mol. The topological polar surface area (TPSA) is 49.8 Å². The minimum absolute atomic E-state index is 0.516. The molecule has 0 saturated heterocycles. The van der Waals surface area contributed by atoms with Gasteiger partial charge in [-0.1, -0.05) is 25.7 Å². The number of carboxylic acids is 1. The van der Waals surface area contributed by atoms with Crippen molar-refractivity contribution in [1.29, 1.82) is 0 Å². The van der Waals surface area contributed by atoms with Gasteiger partial charge < -0.3 is 14.7 Å². The fourth-order valence-electron chi connectivity index (χ4n) is 2.92. The van der Waals surface area contributed by atoms with Crippen molar-refractivity contribution in [1.82, 2.24) is 4.90 Å². The van der Waals surface area contributed by atoms with Gasteiger partial charge >= 0.3 is 5.97 Å². The first-order valence-electron chi connectivity index (χ1n) is 7.01. The minimum Gasteiger partial charge on any atom is -0.481 e. The highest BCUT2D eigenvalue weighted by atomic mass is 16.5. The average Bonchev–Trinajstić information content (AvgIpc) is 2.56. The summed E-state index contributed by atoms with van der Waals surface area (Å²) in [6.07, 6.45) is 7.10. The summed E-state index contributed by atoms with van der Waals surface area (Å²) in [6, 6.07) is 0. The summed E-state index contributed by atoms with van der Waals surface area (Å²) in [5.41, 5.74) is -0.516. The third-order valence-electron chi connectivity index (χ3n) is 3.98. The van der Waals surface area contributed by atoms with Crippen LogP contribution >= 0.6 is 0 Å². The summed E-state index contributed by atoms with van der Waals surface area (Å²) in [5, 5.41) is 9.58. The molecule has 0 aromatic heterocycles. The van der Waals surface area contributed by atoms with Gasteiger partial charge in [0.15, 0.2) is 0 Å². The lowest BCUT2D eigenvalue weighted by Gasteiger charge is -2.32. The second-order valence-electron chi connectivity index (χ2n) is 5.58. The van der Waals surface area contributed by atoms with Crippen molar-refractivity contribution in [2.24, 2.45) is 5.41 Å². The monoisotopic (exact) mass is 257 g/mol. The predicted molar refractivity (Wildman–Crippen MR) is 71.8 cm³/mol. The second kappa shape index (κ2) is 7.74. The average molecular weight is 257 g/mol.